The lowest BCUT2D eigenvalue weighted by Gasteiger charge is -2.09. The van der Waals surface area contributed by atoms with Gasteiger partial charge in [-0.05, 0) is 17.7 Å². The normalized spacial score (nSPS) is 12.7. The van der Waals surface area contributed by atoms with Gasteiger partial charge in [0.05, 0.1) is 11.6 Å². The highest BCUT2D eigenvalue weighted by atomic mass is 15.0. The molecule has 0 aliphatic rings. The summed E-state index contributed by atoms with van der Waals surface area (Å²) in [5.41, 5.74) is 14.0. The molecule has 0 amide bonds. The van der Waals surface area contributed by atoms with E-state index in [9.17, 15) is 0 Å². The molecule has 4 N–H and O–H groups in total. The minimum absolute atomic E-state index is 0.385. The fourth-order valence-corrected chi connectivity index (χ4v) is 1.70. The molecule has 0 aliphatic carbocycles. The Morgan fingerprint density at radius 1 is 1.11 bits per heavy atom. The number of nitrogens with zero attached hydrogens (tertiary/aromatic N) is 2. The first-order chi connectivity index (χ1) is 9.20. The van der Waals surface area contributed by atoms with Crippen molar-refractivity contribution in [1.29, 1.82) is 5.26 Å². The maximum absolute atomic E-state index is 8.85. The van der Waals surface area contributed by atoms with Crippen molar-refractivity contribution in [3.8, 4) is 6.07 Å². The number of nitriles is 1. The van der Waals surface area contributed by atoms with Gasteiger partial charge >= 0.3 is 0 Å². The summed E-state index contributed by atoms with van der Waals surface area (Å²) in [5.74, 6) is 0.385. The first-order valence-electron chi connectivity index (χ1n) is 5.85. The van der Waals surface area contributed by atoms with Crippen LogP contribution in [0.25, 0.3) is 0 Å². The van der Waals surface area contributed by atoms with E-state index in [0.717, 1.165) is 11.1 Å². The number of rotatable bonds is 3. The Hall–Kier alpha value is -2.64. The molecule has 0 radical (unpaired) electrons. The molecule has 2 aromatic carbocycles. The van der Waals surface area contributed by atoms with Crippen molar-refractivity contribution >= 4 is 5.84 Å². The van der Waals surface area contributed by atoms with Crippen molar-refractivity contribution < 1.29 is 0 Å². The summed E-state index contributed by atoms with van der Waals surface area (Å²) in [6.07, 6.45) is -0.575. The Kier molecular flexibility index (Phi) is 3.91. The van der Waals surface area contributed by atoms with Crippen LogP contribution in [-0.4, -0.2) is 5.84 Å². The van der Waals surface area contributed by atoms with Crippen LogP contribution in [0.5, 0.6) is 0 Å². The zero-order valence-corrected chi connectivity index (χ0v) is 10.3. The summed E-state index contributed by atoms with van der Waals surface area (Å²) in [6, 6.07) is 18.5. The number of amidine groups is 1. The van der Waals surface area contributed by atoms with Gasteiger partial charge < -0.3 is 11.5 Å². The summed E-state index contributed by atoms with van der Waals surface area (Å²) < 4.78 is 0. The molecule has 2 rings (SSSR count). The van der Waals surface area contributed by atoms with Gasteiger partial charge in [-0.25, -0.2) is 4.99 Å². The Morgan fingerprint density at radius 3 is 2.53 bits per heavy atom. The van der Waals surface area contributed by atoms with Crippen LogP contribution in [-0.2, 0) is 0 Å². The van der Waals surface area contributed by atoms with Gasteiger partial charge in [-0.1, -0.05) is 42.5 Å². The topological polar surface area (TPSA) is 88.2 Å². The highest BCUT2D eigenvalue weighted by molar-refractivity contribution is 5.97. The average Bonchev–Trinajstić information content (AvgIpc) is 2.48. The van der Waals surface area contributed by atoms with Crippen LogP contribution in [0.4, 0.5) is 0 Å². The van der Waals surface area contributed by atoms with E-state index in [0.29, 0.717) is 11.4 Å². The highest BCUT2D eigenvalue weighted by Gasteiger charge is 2.06. The van der Waals surface area contributed by atoms with Crippen molar-refractivity contribution in [3.63, 3.8) is 0 Å². The SMILES string of the molecule is N#Cc1cccc(C(N)/N=C(\N)c2ccccc2)c1. The van der Waals surface area contributed by atoms with Crippen molar-refractivity contribution in [2.75, 3.05) is 0 Å². The van der Waals surface area contributed by atoms with Crippen molar-refractivity contribution in [3.05, 3.63) is 71.3 Å². The molecule has 0 heterocycles. The second-order valence-corrected chi connectivity index (χ2v) is 4.06. The summed E-state index contributed by atoms with van der Waals surface area (Å²) in [4.78, 5) is 4.26. The minimum Gasteiger partial charge on any atom is -0.383 e. The standard InChI is InChI=1S/C15H14N4/c16-10-11-5-4-8-13(9-11)15(18)19-14(17)12-6-2-1-3-7-12/h1-9,15H,18H2,(H2,17,19). The quantitative estimate of drug-likeness (QED) is 0.644. The monoisotopic (exact) mass is 250 g/mol. The maximum atomic E-state index is 8.85. The average molecular weight is 250 g/mol. The molecule has 19 heavy (non-hydrogen) atoms. The Labute approximate surface area is 112 Å². The first kappa shape index (κ1) is 12.8. The molecular formula is C15H14N4. The molecule has 0 aromatic heterocycles. The van der Waals surface area contributed by atoms with E-state index >= 15 is 0 Å². The number of hydrogen-bond donors (Lipinski definition) is 2. The zero-order chi connectivity index (χ0) is 13.7. The fraction of sp³-hybridized carbons (Fsp3) is 0.0667. The molecule has 0 bridgehead atoms. The Morgan fingerprint density at radius 2 is 1.84 bits per heavy atom. The third kappa shape index (κ3) is 3.18. The second kappa shape index (κ2) is 5.80. The van der Waals surface area contributed by atoms with E-state index in [4.69, 9.17) is 16.7 Å². The summed E-state index contributed by atoms with van der Waals surface area (Å²) in [5, 5.41) is 8.85. The number of nitrogens with two attached hydrogens (primary N) is 2. The maximum Gasteiger partial charge on any atom is 0.127 e. The van der Waals surface area contributed by atoms with Crippen LogP contribution < -0.4 is 11.5 Å². The largest absolute Gasteiger partial charge is 0.383 e. The lowest BCUT2D eigenvalue weighted by atomic mass is 10.1. The molecule has 0 fully saturated rings. The fourth-order valence-electron chi connectivity index (χ4n) is 1.70. The number of hydrogen-bond acceptors (Lipinski definition) is 3. The van der Waals surface area contributed by atoms with Gasteiger partial charge in [0, 0.05) is 5.56 Å². The zero-order valence-electron chi connectivity index (χ0n) is 10.3. The molecule has 2 aromatic rings. The van der Waals surface area contributed by atoms with Crippen LogP contribution in [0.1, 0.15) is 22.9 Å². The van der Waals surface area contributed by atoms with E-state index in [1.807, 2.05) is 36.4 Å². The molecule has 0 spiro atoms. The minimum atomic E-state index is -0.575. The molecule has 4 nitrogen and oxygen atoms in total. The molecule has 1 unspecified atom stereocenters. The molecule has 94 valence electrons. The summed E-state index contributed by atoms with van der Waals surface area (Å²) in [7, 11) is 0. The van der Waals surface area contributed by atoms with Crippen LogP contribution in [0.3, 0.4) is 0 Å². The van der Waals surface area contributed by atoms with Gasteiger partial charge in [-0.2, -0.15) is 5.26 Å². The molecule has 4 heteroatoms. The third-order valence-electron chi connectivity index (χ3n) is 2.70. The highest BCUT2D eigenvalue weighted by Crippen LogP contribution is 2.14. The van der Waals surface area contributed by atoms with Gasteiger partial charge in [-0.3, -0.25) is 0 Å². The van der Waals surface area contributed by atoms with Gasteiger partial charge in [-0.15, -0.1) is 0 Å². The van der Waals surface area contributed by atoms with E-state index in [-0.39, 0.29) is 0 Å². The third-order valence-corrected chi connectivity index (χ3v) is 2.70. The summed E-state index contributed by atoms with van der Waals surface area (Å²) >= 11 is 0. The van der Waals surface area contributed by atoms with Gasteiger partial charge in [0.15, 0.2) is 0 Å². The van der Waals surface area contributed by atoms with Crippen molar-refractivity contribution in [2.45, 2.75) is 6.17 Å². The predicted octanol–water partition coefficient (Wildman–Crippen LogP) is 1.92. The van der Waals surface area contributed by atoms with Crippen LogP contribution in [0.2, 0.25) is 0 Å². The van der Waals surface area contributed by atoms with Crippen molar-refractivity contribution in [2.24, 2.45) is 16.5 Å². The summed E-state index contributed by atoms with van der Waals surface area (Å²) in [6.45, 7) is 0. The molecule has 0 saturated heterocycles. The molecule has 0 aliphatic heterocycles. The lowest BCUT2D eigenvalue weighted by Crippen LogP contribution is -2.18. The van der Waals surface area contributed by atoms with Crippen LogP contribution in [0, 0.1) is 11.3 Å². The first-order valence-corrected chi connectivity index (χ1v) is 5.85. The van der Waals surface area contributed by atoms with Gasteiger partial charge in [0.2, 0.25) is 0 Å². The Bertz CT molecular complexity index is 626. The molecule has 0 saturated carbocycles. The van der Waals surface area contributed by atoms with Crippen LogP contribution >= 0.6 is 0 Å². The molecular weight excluding hydrogens is 236 g/mol. The Balaban J connectivity index is 2.25. The van der Waals surface area contributed by atoms with E-state index in [1.165, 1.54) is 0 Å². The van der Waals surface area contributed by atoms with E-state index in [2.05, 4.69) is 11.1 Å². The van der Waals surface area contributed by atoms with Crippen LogP contribution in [0.15, 0.2) is 59.6 Å². The smallest absolute Gasteiger partial charge is 0.127 e. The van der Waals surface area contributed by atoms with Gasteiger partial charge in [0.1, 0.15) is 12.0 Å². The van der Waals surface area contributed by atoms with E-state index in [1.54, 1.807) is 18.2 Å². The van der Waals surface area contributed by atoms with Crippen molar-refractivity contribution in [1.82, 2.24) is 0 Å². The van der Waals surface area contributed by atoms with E-state index < -0.39 is 6.17 Å². The second-order valence-electron chi connectivity index (χ2n) is 4.06. The number of benzene rings is 2. The predicted molar refractivity (Wildman–Crippen MR) is 75.3 cm³/mol. The molecule has 1 atom stereocenters. The number of aliphatic imine (C=N–C) groups is 1. The lowest BCUT2D eigenvalue weighted by molar-refractivity contribution is 0.774. The van der Waals surface area contributed by atoms with Gasteiger partial charge in [0.25, 0.3) is 0 Å².